The summed E-state index contributed by atoms with van der Waals surface area (Å²) in [7, 11) is -3.34. The monoisotopic (exact) mass is 338 g/mol. The number of thiazole rings is 1. The van der Waals surface area contributed by atoms with Gasteiger partial charge in [0.1, 0.15) is 0 Å². The van der Waals surface area contributed by atoms with Crippen LogP contribution in [0.4, 0.5) is 0 Å². The van der Waals surface area contributed by atoms with E-state index >= 15 is 0 Å². The average Bonchev–Trinajstić information content (AvgIpc) is 2.62. The molecule has 0 unspecified atom stereocenters. The second-order valence-corrected chi connectivity index (χ2v) is 8.23. The van der Waals surface area contributed by atoms with Gasteiger partial charge in [0.2, 0.25) is 0 Å². The third-order valence-corrected chi connectivity index (χ3v) is 6.61. The fourth-order valence-corrected chi connectivity index (χ4v) is 5.37. The zero-order chi connectivity index (χ0) is 12.5. The summed E-state index contributed by atoms with van der Waals surface area (Å²) in [5, 5.41) is 1.46. The Morgan fingerprint density at radius 1 is 1.59 bits per heavy atom. The van der Waals surface area contributed by atoms with Crippen molar-refractivity contribution >= 4 is 37.3 Å². The first-order chi connectivity index (χ1) is 8.05. The van der Waals surface area contributed by atoms with Crippen molar-refractivity contribution in [1.29, 1.82) is 0 Å². The molecule has 1 heterocycles. The molecular weight excluding hydrogens is 324 g/mol. The minimum absolute atomic E-state index is 0.181. The van der Waals surface area contributed by atoms with Gasteiger partial charge >= 0.3 is 0 Å². The first kappa shape index (κ1) is 13.5. The van der Waals surface area contributed by atoms with Gasteiger partial charge < -0.3 is 0 Å². The summed E-state index contributed by atoms with van der Waals surface area (Å²) in [6.45, 7) is 2.35. The van der Waals surface area contributed by atoms with Crippen LogP contribution in [0.1, 0.15) is 24.3 Å². The van der Waals surface area contributed by atoms with Crippen molar-refractivity contribution in [3.8, 4) is 0 Å². The van der Waals surface area contributed by atoms with Gasteiger partial charge in [0.25, 0.3) is 10.0 Å². The lowest BCUT2D eigenvalue weighted by molar-refractivity contribution is 0.228. The molecule has 0 radical (unpaired) electrons. The molecule has 1 aromatic rings. The summed E-state index contributed by atoms with van der Waals surface area (Å²) >= 11 is 4.57. The molecular formula is C10H15BrN2O2S2. The maximum absolute atomic E-state index is 12.4. The van der Waals surface area contributed by atoms with Crippen LogP contribution in [0.2, 0.25) is 0 Å². The predicted molar refractivity (Wildman–Crippen MR) is 72.2 cm³/mol. The van der Waals surface area contributed by atoms with Crippen molar-refractivity contribution in [2.24, 2.45) is 0 Å². The highest BCUT2D eigenvalue weighted by Gasteiger charge is 2.35. The Kier molecular flexibility index (Phi) is 4.22. The average molecular weight is 339 g/mol. The third-order valence-electron chi connectivity index (χ3n) is 2.95. The molecule has 1 fully saturated rings. The molecule has 0 bridgehead atoms. The Bertz CT molecular complexity index is 482. The van der Waals surface area contributed by atoms with Crippen molar-refractivity contribution in [3.63, 3.8) is 0 Å². The highest BCUT2D eigenvalue weighted by Crippen LogP contribution is 2.31. The second-order valence-electron chi connectivity index (χ2n) is 4.09. The lowest BCUT2D eigenvalue weighted by Crippen LogP contribution is -2.44. The van der Waals surface area contributed by atoms with E-state index in [4.69, 9.17) is 0 Å². The third kappa shape index (κ3) is 2.72. The van der Waals surface area contributed by atoms with Crippen molar-refractivity contribution in [2.45, 2.75) is 36.4 Å². The zero-order valence-electron chi connectivity index (χ0n) is 9.60. The summed E-state index contributed by atoms with van der Waals surface area (Å²) in [5.74, 6) is 0. The largest absolute Gasteiger partial charge is 0.254 e. The van der Waals surface area contributed by atoms with Gasteiger partial charge in [-0.05, 0) is 19.8 Å². The molecule has 0 spiro atoms. The number of aromatic nitrogens is 1. The molecule has 2 rings (SSSR count). The molecule has 1 aromatic heterocycles. The van der Waals surface area contributed by atoms with E-state index in [0.29, 0.717) is 16.1 Å². The summed E-state index contributed by atoms with van der Waals surface area (Å²) in [6.07, 6.45) is 4.55. The summed E-state index contributed by atoms with van der Waals surface area (Å²) in [5.41, 5.74) is 0. The zero-order valence-corrected chi connectivity index (χ0v) is 12.8. The number of nitrogens with zero attached hydrogens (tertiary/aromatic N) is 2. The summed E-state index contributed by atoms with van der Waals surface area (Å²) in [4.78, 5) is 4.03. The first-order valence-corrected chi connectivity index (χ1v) is 8.93. The highest BCUT2D eigenvalue weighted by atomic mass is 79.9. The Balaban J connectivity index is 2.27. The lowest BCUT2D eigenvalue weighted by atomic mass is 9.93. The van der Waals surface area contributed by atoms with E-state index in [1.165, 1.54) is 17.5 Å². The molecule has 1 aliphatic rings. The molecule has 0 atom stereocenters. The second kappa shape index (κ2) is 5.34. The van der Waals surface area contributed by atoms with Crippen LogP contribution in [0.15, 0.2) is 10.4 Å². The molecule has 0 N–H and O–H groups in total. The van der Waals surface area contributed by atoms with Gasteiger partial charge in [-0.1, -0.05) is 22.4 Å². The normalized spacial score (nSPS) is 17.4. The SMILES string of the molecule is Cc1ncc(S(=O)(=O)N(CCBr)C2CCC2)s1. The van der Waals surface area contributed by atoms with Gasteiger partial charge in [-0.2, -0.15) is 4.31 Å². The van der Waals surface area contributed by atoms with E-state index in [9.17, 15) is 8.42 Å². The van der Waals surface area contributed by atoms with Crippen LogP contribution < -0.4 is 0 Å². The molecule has 0 aromatic carbocycles. The van der Waals surface area contributed by atoms with Crippen LogP contribution in [0.5, 0.6) is 0 Å². The van der Waals surface area contributed by atoms with Gasteiger partial charge in [-0.15, -0.1) is 11.3 Å². The lowest BCUT2D eigenvalue weighted by Gasteiger charge is -2.35. The van der Waals surface area contributed by atoms with E-state index < -0.39 is 10.0 Å². The number of hydrogen-bond acceptors (Lipinski definition) is 4. The van der Waals surface area contributed by atoms with Crippen LogP contribution >= 0.6 is 27.3 Å². The molecule has 4 nitrogen and oxygen atoms in total. The molecule has 0 amide bonds. The van der Waals surface area contributed by atoms with Gasteiger partial charge in [0, 0.05) is 17.9 Å². The van der Waals surface area contributed by atoms with Crippen molar-refractivity contribution in [2.75, 3.05) is 11.9 Å². The fraction of sp³-hybridized carbons (Fsp3) is 0.700. The van der Waals surface area contributed by atoms with E-state index in [-0.39, 0.29) is 6.04 Å². The Hall–Kier alpha value is 0.0200. The molecule has 96 valence electrons. The number of halogens is 1. The Morgan fingerprint density at radius 2 is 2.29 bits per heavy atom. The molecule has 17 heavy (non-hydrogen) atoms. The Morgan fingerprint density at radius 3 is 2.71 bits per heavy atom. The maximum Gasteiger partial charge on any atom is 0.254 e. The van der Waals surface area contributed by atoms with E-state index in [1.807, 2.05) is 6.92 Å². The van der Waals surface area contributed by atoms with Crippen LogP contribution in [-0.2, 0) is 10.0 Å². The quantitative estimate of drug-likeness (QED) is 0.774. The number of rotatable bonds is 5. The van der Waals surface area contributed by atoms with Crippen LogP contribution in [0.25, 0.3) is 0 Å². The Labute approximate surface area is 114 Å². The molecule has 0 saturated heterocycles. The summed E-state index contributed by atoms with van der Waals surface area (Å²) < 4.78 is 26.9. The number of aryl methyl sites for hydroxylation is 1. The van der Waals surface area contributed by atoms with Gasteiger partial charge in [0.15, 0.2) is 4.21 Å². The van der Waals surface area contributed by atoms with E-state index in [1.54, 1.807) is 4.31 Å². The van der Waals surface area contributed by atoms with Crippen molar-refractivity contribution < 1.29 is 8.42 Å². The predicted octanol–water partition coefficient (Wildman–Crippen LogP) is 2.39. The molecule has 0 aliphatic heterocycles. The van der Waals surface area contributed by atoms with Crippen molar-refractivity contribution in [1.82, 2.24) is 9.29 Å². The van der Waals surface area contributed by atoms with Crippen LogP contribution in [-0.4, -0.2) is 35.6 Å². The van der Waals surface area contributed by atoms with Gasteiger partial charge in [-0.3, -0.25) is 0 Å². The minimum Gasteiger partial charge on any atom is -0.249 e. The highest BCUT2D eigenvalue weighted by molar-refractivity contribution is 9.09. The number of hydrogen-bond donors (Lipinski definition) is 0. The molecule has 7 heteroatoms. The van der Waals surface area contributed by atoms with E-state index in [2.05, 4.69) is 20.9 Å². The number of alkyl halides is 1. The minimum atomic E-state index is -3.34. The van der Waals surface area contributed by atoms with Gasteiger partial charge in [0.05, 0.1) is 11.2 Å². The topological polar surface area (TPSA) is 50.3 Å². The van der Waals surface area contributed by atoms with Gasteiger partial charge in [-0.25, -0.2) is 13.4 Å². The standard InChI is InChI=1S/C10H15BrN2O2S2/c1-8-12-7-10(16-8)17(14,15)13(6-5-11)9-3-2-4-9/h7,9H,2-6H2,1H3. The summed E-state index contributed by atoms with van der Waals surface area (Å²) in [6, 6.07) is 0.181. The molecule has 1 aliphatic carbocycles. The fourth-order valence-electron chi connectivity index (χ4n) is 1.83. The smallest absolute Gasteiger partial charge is 0.249 e. The van der Waals surface area contributed by atoms with Crippen LogP contribution in [0, 0.1) is 6.92 Å². The molecule has 1 saturated carbocycles. The van der Waals surface area contributed by atoms with Crippen LogP contribution in [0.3, 0.4) is 0 Å². The first-order valence-electron chi connectivity index (χ1n) is 5.56. The van der Waals surface area contributed by atoms with Crippen molar-refractivity contribution in [3.05, 3.63) is 11.2 Å². The van der Waals surface area contributed by atoms with E-state index in [0.717, 1.165) is 24.3 Å². The maximum atomic E-state index is 12.4. The number of sulfonamides is 1.